The predicted molar refractivity (Wildman–Crippen MR) is 109 cm³/mol. The lowest BCUT2D eigenvalue weighted by atomic mass is 9.49. The van der Waals surface area contributed by atoms with Crippen molar-refractivity contribution in [3.8, 4) is 0 Å². The van der Waals surface area contributed by atoms with Crippen molar-refractivity contribution in [2.45, 2.75) is 100.0 Å². The summed E-state index contributed by atoms with van der Waals surface area (Å²) in [5.74, 6) is 4.09. The molecule has 1 heterocycles. The zero-order chi connectivity index (χ0) is 19.3. The average Bonchev–Trinajstić information content (AvgIpc) is 3.12. The smallest absolute Gasteiger partial charge is 0.277 e. The normalized spacial score (nSPS) is 40.4. The third-order valence-electron chi connectivity index (χ3n) is 7.98. The Morgan fingerprint density at radius 1 is 1.11 bits per heavy atom. The zero-order valence-electron chi connectivity index (χ0n) is 17.2. The van der Waals surface area contributed by atoms with Crippen LogP contribution in [0.15, 0.2) is 9.64 Å². The van der Waals surface area contributed by atoms with Gasteiger partial charge in [-0.2, -0.15) is 0 Å². The second kappa shape index (κ2) is 7.33. The van der Waals surface area contributed by atoms with Crippen LogP contribution in [0.5, 0.6) is 0 Å². The van der Waals surface area contributed by atoms with Crippen LogP contribution in [-0.4, -0.2) is 27.4 Å². The maximum absolute atomic E-state index is 12.7. The summed E-state index contributed by atoms with van der Waals surface area (Å²) in [5, 5.41) is 12.4. The predicted octanol–water partition coefficient (Wildman–Crippen LogP) is 4.71. The van der Waals surface area contributed by atoms with Crippen molar-refractivity contribution in [3.05, 3.63) is 5.89 Å². The molecule has 6 heteroatoms. The molecule has 5 saturated carbocycles. The molecule has 1 aromatic heterocycles. The molecule has 28 heavy (non-hydrogen) atoms. The topological polar surface area (TPSA) is 68.0 Å². The monoisotopic (exact) mass is 403 g/mol. The van der Waals surface area contributed by atoms with Crippen LogP contribution in [0.4, 0.5) is 0 Å². The van der Waals surface area contributed by atoms with Crippen LogP contribution in [0, 0.1) is 23.7 Å². The van der Waals surface area contributed by atoms with Crippen LogP contribution in [0.3, 0.4) is 0 Å². The van der Waals surface area contributed by atoms with Gasteiger partial charge in [0, 0.05) is 11.5 Å². The van der Waals surface area contributed by atoms with Gasteiger partial charge in [0.1, 0.15) is 0 Å². The molecule has 154 valence electrons. The van der Waals surface area contributed by atoms with Crippen molar-refractivity contribution < 1.29 is 9.21 Å². The number of rotatable bonds is 5. The first-order valence-corrected chi connectivity index (χ1v) is 12.2. The summed E-state index contributed by atoms with van der Waals surface area (Å²) >= 11 is 1.41. The number of thioether (sulfide) groups is 1. The fraction of sp³-hybridized carbons (Fsp3) is 0.864. The van der Waals surface area contributed by atoms with Crippen molar-refractivity contribution in [1.82, 2.24) is 15.5 Å². The second-order valence-corrected chi connectivity index (χ2v) is 11.5. The summed E-state index contributed by atoms with van der Waals surface area (Å²) < 4.78 is 6.16. The van der Waals surface area contributed by atoms with E-state index in [4.69, 9.17) is 4.42 Å². The zero-order valence-corrected chi connectivity index (χ0v) is 18.0. The van der Waals surface area contributed by atoms with Gasteiger partial charge < -0.3 is 9.73 Å². The van der Waals surface area contributed by atoms with Crippen molar-refractivity contribution >= 4 is 17.7 Å². The molecule has 3 atom stereocenters. The first-order chi connectivity index (χ1) is 13.5. The Morgan fingerprint density at radius 3 is 2.39 bits per heavy atom. The lowest BCUT2D eigenvalue weighted by Crippen LogP contribution is -2.48. The van der Waals surface area contributed by atoms with Gasteiger partial charge in [-0.3, -0.25) is 4.79 Å². The molecular weight excluding hydrogens is 370 g/mol. The van der Waals surface area contributed by atoms with Gasteiger partial charge in [0.25, 0.3) is 5.22 Å². The van der Waals surface area contributed by atoms with Gasteiger partial charge in [-0.1, -0.05) is 31.5 Å². The van der Waals surface area contributed by atoms with E-state index in [-0.39, 0.29) is 16.6 Å². The first-order valence-electron chi connectivity index (χ1n) is 11.3. The Labute approximate surface area is 172 Å². The van der Waals surface area contributed by atoms with E-state index in [0.717, 1.165) is 30.1 Å². The van der Waals surface area contributed by atoms with Crippen LogP contribution in [0.25, 0.3) is 0 Å². The largest absolute Gasteiger partial charge is 0.415 e. The van der Waals surface area contributed by atoms with Gasteiger partial charge in [-0.05, 0) is 82.0 Å². The summed E-state index contributed by atoms with van der Waals surface area (Å²) in [4.78, 5) is 12.7. The molecule has 0 unspecified atom stereocenters. The summed E-state index contributed by atoms with van der Waals surface area (Å²) in [6.07, 6.45) is 12.7. The molecule has 5 aliphatic rings. The second-order valence-electron chi connectivity index (χ2n) is 10.2. The minimum Gasteiger partial charge on any atom is -0.415 e. The highest BCUT2D eigenvalue weighted by Gasteiger charge is 2.54. The van der Waals surface area contributed by atoms with E-state index in [2.05, 4.69) is 22.4 Å². The molecule has 5 aliphatic carbocycles. The molecule has 1 aromatic rings. The van der Waals surface area contributed by atoms with Crippen LogP contribution in [0.1, 0.15) is 83.9 Å². The van der Waals surface area contributed by atoms with Gasteiger partial charge >= 0.3 is 0 Å². The molecule has 6 rings (SSSR count). The average molecular weight is 404 g/mol. The van der Waals surface area contributed by atoms with Crippen LogP contribution in [0.2, 0.25) is 0 Å². The third kappa shape index (κ3) is 3.50. The number of amides is 1. The van der Waals surface area contributed by atoms with E-state index in [1.807, 2.05) is 6.92 Å². The van der Waals surface area contributed by atoms with Gasteiger partial charge in [-0.25, -0.2) is 0 Å². The van der Waals surface area contributed by atoms with E-state index >= 15 is 0 Å². The fourth-order valence-electron chi connectivity index (χ4n) is 6.88. The highest BCUT2D eigenvalue weighted by molar-refractivity contribution is 8.00. The molecule has 4 bridgehead atoms. The highest BCUT2D eigenvalue weighted by Crippen LogP contribution is 2.60. The van der Waals surface area contributed by atoms with Crippen molar-refractivity contribution in [3.63, 3.8) is 0 Å². The summed E-state index contributed by atoms with van der Waals surface area (Å²) in [5.41, 5.74) is 0.129. The first kappa shape index (κ1) is 19.0. The van der Waals surface area contributed by atoms with Gasteiger partial charge in [-0.15, -0.1) is 10.2 Å². The molecule has 5 nitrogen and oxygen atoms in total. The quantitative estimate of drug-likeness (QED) is 0.721. The molecule has 0 spiro atoms. The minimum atomic E-state index is -0.209. The van der Waals surface area contributed by atoms with Crippen molar-refractivity contribution in [2.75, 3.05) is 0 Å². The molecule has 1 N–H and O–H groups in total. The maximum atomic E-state index is 12.7. The van der Waals surface area contributed by atoms with E-state index in [0.29, 0.717) is 17.2 Å². The Kier molecular flexibility index (Phi) is 4.96. The number of nitrogens with zero attached hydrogens (tertiary/aromatic N) is 2. The number of nitrogens with one attached hydrogen (secondary N) is 1. The van der Waals surface area contributed by atoms with Gasteiger partial charge in [0.05, 0.1) is 5.25 Å². The number of carbonyl (C=O) groups excluding carboxylic acids is 1. The summed E-state index contributed by atoms with van der Waals surface area (Å²) in [6.45, 7) is 4.19. The molecule has 0 aliphatic heterocycles. The van der Waals surface area contributed by atoms with E-state index in [9.17, 15) is 4.79 Å². The lowest BCUT2D eigenvalue weighted by Gasteiger charge is -2.55. The van der Waals surface area contributed by atoms with Crippen LogP contribution < -0.4 is 5.32 Å². The van der Waals surface area contributed by atoms with E-state index < -0.39 is 0 Å². The Bertz CT molecular complexity index is 698. The molecule has 1 amide bonds. The standard InChI is InChI=1S/C22H33N3O2S/c1-13-5-3-4-6-18(13)23-19(26)14(2)28-21-25-24-20(27-21)22-10-15-7-16(11-22)9-17(8-15)12-22/h13-18H,3-12H2,1-2H3,(H,23,26)/t13-,14-,15?,16?,17?,18-,22?/m1/s1. The van der Waals surface area contributed by atoms with Crippen LogP contribution in [-0.2, 0) is 10.2 Å². The van der Waals surface area contributed by atoms with Crippen molar-refractivity contribution in [1.29, 1.82) is 0 Å². The molecular formula is C22H33N3O2S. The fourth-order valence-corrected chi connectivity index (χ4v) is 7.57. The molecule has 0 radical (unpaired) electrons. The van der Waals surface area contributed by atoms with E-state index in [1.165, 1.54) is 69.5 Å². The summed E-state index contributed by atoms with van der Waals surface area (Å²) in [6, 6.07) is 0.314. The molecule has 0 aromatic carbocycles. The maximum Gasteiger partial charge on any atom is 0.277 e. The Balaban J connectivity index is 1.22. The number of hydrogen-bond donors (Lipinski definition) is 1. The van der Waals surface area contributed by atoms with E-state index in [1.54, 1.807) is 0 Å². The Hall–Kier alpha value is -1.04. The highest BCUT2D eigenvalue weighted by atomic mass is 32.2. The number of aromatic nitrogens is 2. The minimum absolute atomic E-state index is 0.0957. The van der Waals surface area contributed by atoms with Crippen LogP contribution >= 0.6 is 11.8 Å². The Morgan fingerprint density at radius 2 is 1.75 bits per heavy atom. The third-order valence-corrected chi connectivity index (χ3v) is 8.92. The summed E-state index contributed by atoms with van der Waals surface area (Å²) in [7, 11) is 0. The number of hydrogen-bond acceptors (Lipinski definition) is 5. The molecule has 5 fully saturated rings. The van der Waals surface area contributed by atoms with Gasteiger partial charge in [0.15, 0.2) is 0 Å². The SMILES string of the molecule is C[C@@H]1CCCC[C@H]1NC(=O)[C@@H](C)Sc1nnc(C23CC4CC(CC(C4)C2)C3)o1. The van der Waals surface area contributed by atoms with Gasteiger partial charge in [0.2, 0.25) is 11.8 Å². The molecule has 0 saturated heterocycles. The number of carbonyl (C=O) groups is 1. The lowest BCUT2D eigenvalue weighted by molar-refractivity contribution is -0.121. The van der Waals surface area contributed by atoms with Crippen molar-refractivity contribution in [2.24, 2.45) is 23.7 Å².